The van der Waals surface area contributed by atoms with Crippen molar-refractivity contribution in [2.24, 2.45) is 4.99 Å². The molecule has 0 spiro atoms. The van der Waals surface area contributed by atoms with E-state index < -0.39 is 0 Å². The van der Waals surface area contributed by atoms with E-state index in [1.165, 1.54) is 5.69 Å². The maximum atomic E-state index is 12.7. The van der Waals surface area contributed by atoms with Crippen LogP contribution in [0.2, 0.25) is 0 Å². The van der Waals surface area contributed by atoms with E-state index in [0.717, 1.165) is 69.4 Å². The average Bonchev–Trinajstić information content (AvgIpc) is 3.44. The monoisotopic (exact) mass is 411 g/mol. The normalized spacial score (nSPS) is 19.5. The van der Waals surface area contributed by atoms with Gasteiger partial charge in [-0.1, -0.05) is 6.07 Å². The van der Waals surface area contributed by atoms with Crippen LogP contribution in [0.1, 0.15) is 31.2 Å². The minimum atomic E-state index is -0.0403. The molecule has 0 bridgehead atoms. The van der Waals surface area contributed by atoms with E-state index in [4.69, 9.17) is 4.98 Å². The Labute approximate surface area is 178 Å². The molecule has 0 aliphatic carbocycles. The van der Waals surface area contributed by atoms with Crippen LogP contribution < -0.4 is 5.32 Å². The van der Waals surface area contributed by atoms with Gasteiger partial charge in [-0.3, -0.25) is 14.7 Å². The Bertz CT molecular complexity index is 907. The first-order chi connectivity index (χ1) is 14.6. The molecule has 2 aromatic rings. The van der Waals surface area contributed by atoms with Gasteiger partial charge in [-0.05, 0) is 38.8 Å². The van der Waals surface area contributed by atoms with Crippen molar-refractivity contribution in [1.29, 1.82) is 0 Å². The number of nitrogens with one attached hydrogen (secondary N) is 1. The number of hydrogen-bond donors (Lipinski definition) is 1. The third-order valence-corrected chi connectivity index (χ3v) is 6.32. The van der Waals surface area contributed by atoms with Crippen LogP contribution in [-0.4, -0.2) is 88.3 Å². The number of pyridine rings is 1. The van der Waals surface area contributed by atoms with Crippen LogP contribution in [0.15, 0.2) is 29.4 Å². The van der Waals surface area contributed by atoms with Crippen molar-refractivity contribution in [3.8, 4) is 0 Å². The summed E-state index contributed by atoms with van der Waals surface area (Å²) in [5.74, 6) is 1.17. The highest BCUT2D eigenvalue weighted by atomic mass is 16.2. The molecule has 2 aromatic heterocycles. The summed E-state index contributed by atoms with van der Waals surface area (Å²) in [6.45, 7) is 10.1. The number of carbonyl (C=O) groups excluding carboxylic acids is 1. The number of piperazine rings is 1. The Morgan fingerprint density at radius 2 is 1.87 bits per heavy atom. The smallest absolute Gasteiger partial charge is 0.239 e. The first kappa shape index (κ1) is 20.7. The van der Waals surface area contributed by atoms with E-state index in [0.29, 0.717) is 6.54 Å². The fourth-order valence-electron chi connectivity index (χ4n) is 4.46. The number of fused-ring (bicyclic) bond motifs is 1. The standard InChI is InChI=1S/C22H33N7O/c1-17-7-6-8-20-25-19(16-29(17)20)15-24-22(23-3)28-13-11-26(12-14-28)18(2)21(30)27-9-4-5-10-27/h6-8,16,18H,4-5,9-15H2,1-3H3,(H,23,24). The number of guanidine groups is 1. The molecule has 4 rings (SSSR count). The van der Waals surface area contributed by atoms with Crippen molar-refractivity contribution >= 4 is 17.5 Å². The minimum absolute atomic E-state index is 0.0403. The lowest BCUT2D eigenvalue weighted by Gasteiger charge is -2.39. The zero-order valence-corrected chi connectivity index (χ0v) is 18.3. The Balaban J connectivity index is 1.30. The van der Waals surface area contributed by atoms with Gasteiger partial charge in [-0.2, -0.15) is 0 Å². The van der Waals surface area contributed by atoms with Gasteiger partial charge in [0.1, 0.15) is 5.65 Å². The molecule has 30 heavy (non-hydrogen) atoms. The molecule has 1 unspecified atom stereocenters. The number of rotatable bonds is 4. The summed E-state index contributed by atoms with van der Waals surface area (Å²) in [7, 11) is 1.82. The molecule has 0 radical (unpaired) electrons. The Morgan fingerprint density at radius 1 is 1.13 bits per heavy atom. The molecule has 2 aliphatic rings. The first-order valence-electron chi connectivity index (χ1n) is 11.0. The molecule has 4 heterocycles. The maximum Gasteiger partial charge on any atom is 0.239 e. The number of imidazole rings is 1. The number of likely N-dealkylation sites (tertiary alicyclic amines) is 1. The number of aliphatic imine (C=N–C) groups is 1. The number of carbonyl (C=O) groups is 1. The number of aryl methyl sites for hydroxylation is 1. The van der Waals surface area contributed by atoms with Gasteiger partial charge in [0.25, 0.3) is 0 Å². The number of hydrogen-bond acceptors (Lipinski definition) is 4. The van der Waals surface area contributed by atoms with Crippen molar-refractivity contribution in [2.45, 2.75) is 39.3 Å². The Kier molecular flexibility index (Phi) is 6.22. The van der Waals surface area contributed by atoms with Gasteiger partial charge < -0.3 is 19.5 Å². The second kappa shape index (κ2) is 9.04. The number of aromatic nitrogens is 2. The summed E-state index contributed by atoms with van der Waals surface area (Å²) in [6, 6.07) is 6.10. The predicted molar refractivity (Wildman–Crippen MR) is 119 cm³/mol. The van der Waals surface area contributed by atoms with Crippen molar-refractivity contribution < 1.29 is 4.79 Å². The fourth-order valence-corrected chi connectivity index (χ4v) is 4.46. The van der Waals surface area contributed by atoms with Gasteiger partial charge >= 0.3 is 0 Å². The summed E-state index contributed by atoms with van der Waals surface area (Å²) in [5.41, 5.74) is 3.13. The Morgan fingerprint density at radius 3 is 2.53 bits per heavy atom. The van der Waals surface area contributed by atoms with Gasteiger partial charge in [-0.15, -0.1) is 0 Å². The van der Waals surface area contributed by atoms with Gasteiger partial charge in [0.2, 0.25) is 5.91 Å². The highest BCUT2D eigenvalue weighted by Crippen LogP contribution is 2.14. The largest absolute Gasteiger partial charge is 0.351 e. The molecule has 2 saturated heterocycles. The van der Waals surface area contributed by atoms with Crippen molar-refractivity contribution in [1.82, 2.24) is 29.4 Å². The highest BCUT2D eigenvalue weighted by molar-refractivity contribution is 5.82. The van der Waals surface area contributed by atoms with Gasteiger partial charge in [0.15, 0.2) is 5.96 Å². The molecule has 8 nitrogen and oxygen atoms in total. The van der Waals surface area contributed by atoms with Gasteiger partial charge in [-0.25, -0.2) is 4.98 Å². The van der Waals surface area contributed by atoms with Crippen molar-refractivity contribution in [3.63, 3.8) is 0 Å². The molecule has 2 fully saturated rings. The molecule has 8 heteroatoms. The minimum Gasteiger partial charge on any atom is -0.351 e. The SMILES string of the molecule is CN=C(NCc1cn2c(C)cccc2n1)N1CCN(C(C)C(=O)N2CCCC2)CC1. The van der Waals surface area contributed by atoms with Crippen molar-refractivity contribution in [3.05, 3.63) is 35.8 Å². The van der Waals surface area contributed by atoms with E-state index >= 15 is 0 Å². The van der Waals surface area contributed by atoms with E-state index in [1.54, 1.807) is 0 Å². The zero-order chi connectivity index (χ0) is 21.1. The van der Waals surface area contributed by atoms with Crippen LogP contribution >= 0.6 is 0 Å². The molecule has 1 atom stereocenters. The van der Waals surface area contributed by atoms with Gasteiger partial charge in [0.05, 0.1) is 18.3 Å². The van der Waals surface area contributed by atoms with E-state index in [1.807, 2.05) is 24.1 Å². The summed E-state index contributed by atoms with van der Waals surface area (Å²) in [5, 5.41) is 3.45. The fraction of sp³-hybridized carbons (Fsp3) is 0.591. The molecule has 162 valence electrons. The molecule has 2 aliphatic heterocycles. The van der Waals surface area contributed by atoms with Gasteiger partial charge in [0, 0.05) is 58.2 Å². The zero-order valence-electron chi connectivity index (χ0n) is 18.3. The summed E-state index contributed by atoms with van der Waals surface area (Å²) in [4.78, 5) is 28.5. The maximum absolute atomic E-state index is 12.7. The third kappa shape index (κ3) is 4.28. The van der Waals surface area contributed by atoms with Crippen LogP contribution in [0.25, 0.3) is 5.65 Å². The summed E-state index contributed by atoms with van der Waals surface area (Å²) in [6.07, 6.45) is 4.36. The second-order valence-corrected chi connectivity index (χ2v) is 8.26. The van der Waals surface area contributed by atoms with E-state index in [2.05, 4.69) is 50.6 Å². The predicted octanol–water partition coefficient (Wildman–Crippen LogP) is 1.35. The quantitative estimate of drug-likeness (QED) is 0.608. The van der Waals surface area contributed by atoms with Crippen molar-refractivity contribution in [2.75, 3.05) is 46.3 Å². The summed E-state index contributed by atoms with van der Waals surface area (Å²) < 4.78 is 2.11. The van der Waals surface area contributed by atoms with Crippen LogP contribution in [0.4, 0.5) is 0 Å². The molecule has 1 N–H and O–H groups in total. The molecular weight excluding hydrogens is 378 g/mol. The van der Waals surface area contributed by atoms with Crippen LogP contribution in [-0.2, 0) is 11.3 Å². The third-order valence-electron chi connectivity index (χ3n) is 6.32. The van der Waals surface area contributed by atoms with Crippen LogP contribution in [0, 0.1) is 6.92 Å². The topological polar surface area (TPSA) is 68.5 Å². The van der Waals surface area contributed by atoms with E-state index in [9.17, 15) is 4.79 Å². The lowest BCUT2D eigenvalue weighted by atomic mass is 10.2. The molecule has 0 saturated carbocycles. The molecular formula is C22H33N7O. The van der Waals surface area contributed by atoms with E-state index in [-0.39, 0.29) is 11.9 Å². The number of amides is 1. The number of nitrogens with zero attached hydrogens (tertiary/aromatic N) is 6. The Hall–Kier alpha value is -2.61. The molecule has 0 aromatic carbocycles. The van der Waals surface area contributed by atoms with Crippen LogP contribution in [0.5, 0.6) is 0 Å². The highest BCUT2D eigenvalue weighted by Gasteiger charge is 2.30. The molecule has 1 amide bonds. The lowest BCUT2D eigenvalue weighted by Crippen LogP contribution is -2.57. The first-order valence-corrected chi connectivity index (χ1v) is 11.0. The second-order valence-electron chi connectivity index (χ2n) is 8.26. The lowest BCUT2D eigenvalue weighted by molar-refractivity contribution is -0.135. The van der Waals surface area contributed by atoms with Crippen LogP contribution in [0.3, 0.4) is 0 Å². The average molecular weight is 412 g/mol. The summed E-state index contributed by atoms with van der Waals surface area (Å²) >= 11 is 0.